The highest BCUT2D eigenvalue weighted by Crippen LogP contribution is 2.08. The number of anilines is 1. The molecule has 0 aliphatic rings. The van der Waals surface area contributed by atoms with Gasteiger partial charge in [-0.15, -0.1) is 0 Å². The smallest absolute Gasteiger partial charge is 0.148 e. The van der Waals surface area contributed by atoms with E-state index in [-0.39, 0.29) is 0 Å². The van der Waals surface area contributed by atoms with E-state index >= 15 is 0 Å². The third-order valence-corrected chi connectivity index (χ3v) is 2.47. The fourth-order valence-electron chi connectivity index (χ4n) is 1.53. The molecule has 0 fully saturated rings. The summed E-state index contributed by atoms with van der Waals surface area (Å²) in [4.78, 5) is 0. The minimum atomic E-state index is 0.665. The van der Waals surface area contributed by atoms with Crippen molar-refractivity contribution in [1.82, 2.24) is 9.78 Å². The van der Waals surface area contributed by atoms with E-state index in [1.165, 1.54) is 32.1 Å². The van der Waals surface area contributed by atoms with Gasteiger partial charge in [-0.25, -0.2) is 0 Å². The van der Waals surface area contributed by atoms with Crippen molar-refractivity contribution in [3.63, 3.8) is 0 Å². The number of nitrogens with zero attached hydrogens (tertiary/aromatic N) is 2. The SMILES string of the molecule is CCCCCCCn1cc(C)c(N)n1. The molecule has 0 aliphatic carbocycles. The van der Waals surface area contributed by atoms with Crippen LogP contribution < -0.4 is 5.73 Å². The van der Waals surface area contributed by atoms with E-state index in [0.29, 0.717) is 5.82 Å². The summed E-state index contributed by atoms with van der Waals surface area (Å²) in [5.41, 5.74) is 6.74. The summed E-state index contributed by atoms with van der Waals surface area (Å²) in [6.07, 6.45) is 8.52. The summed E-state index contributed by atoms with van der Waals surface area (Å²) >= 11 is 0. The van der Waals surface area contributed by atoms with Crippen molar-refractivity contribution in [2.45, 2.75) is 52.5 Å². The predicted octanol–water partition coefficient (Wildman–Crippen LogP) is 2.74. The van der Waals surface area contributed by atoms with Crippen LogP contribution in [0, 0.1) is 6.92 Å². The summed E-state index contributed by atoms with van der Waals surface area (Å²) in [5, 5.41) is 4.22. The van der Waals surface area contributed by atoms with E-state index in [9.17, 15) is 0 Å². The first kappa shape index (κ1) is 11.1. The Labute approximate surface area is 86.3 Å². The number of hydrogen-bond donors (Lipinski definition) is 1. The second-order valence-electron chi connectivity index (χ2n) is 3.87. The molecule has 0 aliphatic heterocycles. The van der Waals surface area contributed by atoms with Crippen LogP contribution in [0.2, 0.25) is 0 Å². The number of hydrogen-bond acceptors (Lipinski definition) is 2. The number of nitrogens with two attached hydrogens (primary N) is 1. The first-order valence-corrected chi connectivity index (χ1v) is 5.53. The molecule has 1 rings (SSSR count). The summed E-state index contributed by atoms with van der Waals surface area (Å²) in [6, 6.07) is 0. The van der Waals surface area contributed by atoms with Crippen LogP contribution in [0.4, 0.5) is 5.82 Å². The maximum Gasteiger partial charge on any atom is 0.148 e. The van der Waals surface area contributed by atoms with Gasteiger partial charge in [0, 0.05) is 18.3 Å². The summed E-state index contributed by atoms with van der Waals surface area (Å²) < 4.78 is 1.95. The molecule has 0 unspecified atom stereocenters. The fourth-order valence-corrected chi connectivity index (χ4v) is 1.53. The van der Waals surface area contributed by atoms with E-state index in [0.717, 1.165) is 12.1 Å². The van der Waals surface area contributed by atoms with E-state index in [1.807, 2.05) is 17.8 Å². The molecule has 1 aromatic rings. The van der Waals surface area contributed by atoms with Gasteiger partial charge < -0.3 is 5.73 Å². The Hall–Kier alpha value is -0.990. The van der Waals surface area contributed by atoms with Crippen LogP contribution in [0.1, 0.15) is 44.6 Å². The lowest BCUT2D eigenvalue weighted by atomic mass is 10.1. The van der Waals surface area contributed by atoms with Crippen LogP contribution in [-0.4, -0.2) is 9.78 Å². The molecule has 3 heteroatoms. The van der Waals surface area contributed by atoms with Gasteiger partial charge in [-0.05, 0) is 13.3 Å². The predicted molar refractivity (Wildman–Crippen MR) is 60.1 cm³/mol. The van der Waals surface area contributed by atoms with Crippen molar-refractivity contribution in [2.75, 3.05) is 5.73 Å². The average Bonchev–Trinajstić information content (AvgIpc) is 2.46. The van der Waals surface area contributed by atoms with Crippen molar-refractivity contribution < 1.29 is 0 Å². The van der Waals surface area contributed by atoms with Gasteiger partial charge in [0.25, 0.3) is 0 Å². The Bertz CT molecular complexity index is 246. The zero-order valence-electron chi connectivity index (χ0n) is 9.29. The lowest BCUT2D eigenvalue weighted by molar-refractivity contribution is 0.534. The largest absolute Gasteiger partial charge is 0.382 e. The number of rotatable bonds is 6. The molecule has 0 saturated carbocycles. The normalized spacial score (nSPS) is 10.7. The van der Waals surface area contributed by atoms with Crippen molar-refractivity contribution >= 4 is 5.82 Å². The first-order chi connectivity index (χ1) is 6.74. The van der Waals surface area contributed by atoms with E-state index < -0.39 is 0 Å². The minimum Gasteiger partial charge on any atom is -0.382 e. The molecule has 0 radical (unpaired) electrons. The van der Waals surface area contributed by atoms with Crippen LogP contribution in [0.5, 0.6) is 0 Å². The maximum absolute atomic E-state index is 5.66. The molecule has 3 nitrogen and oxygen atoms in total. The van der Waals surface area contributed by atoms with Gasteiger partial charge in [-0.1, -0.05) is 32.6 Å². The van der Waals surface area contributed by atoms with Gasteiger partial charge in [0.1, 0.15) is 5.82 Å². The topological polar surface area (TPSA) is 43.8 Å². The van der Waals surface area contributed by atoms with Crippen LogP contribution in [0.15, 0.2) is 6.20 Å². The van der Waals surface area contributed by atoms with E-state index in [2.05, 4.69) is 12.0 Å². The quantitative estimate of drug-likeness (QED) is 0.709. The molecule has 1 heterocycles. The van der Waals surface area contributed by atoms with Crippen molar-refractivity contribution in [2.24, 2.45) is 0 Å². The minimum absolute atomic E-state index is 0.665. The van der Waals surface area contributed by atoms with Crippen LogP contribution >= 0.6 is 0 Å². The molecule has 0 atom stereocenters. The molecule has 1 aromatic heterocycles. The second kappa shape index (κ2) is 5.68. The molecule has 80 valence electrons. The third-order valence-electron chi connectivity index (χ3n) is 2.47. The van der Waals surface area contributed by atoms with Gasteiger partial charge in [-0.2, -0.15) is 5.10 Å². The number of nitrogen functional groups attached to an aromatic ring is 1. The van der Waals surface area contributed by atoms with Crippen LogP contribution in [0.3, 0.4) is 0 Å². The molecular formula is C11H21N3. The van der Waals surface area contributed by atoms with E-state index in [1.54, 1.807) is 0 Å². The second-order valence-corrected chi connectivity index (χ2v) is 3.87. The van der Waals surface area contributed by atoms with Crippen LogP contribution in [-0.2, 0) is 6.54 Å². The van der Waals surface area contributed by atoms with E-state index in [4.69, 9.17) is 5.73 Å². The Morgan fingerprint density at radius 3 is 2.57 bits per heavy atom. The van der Waals surface area contributed by atoms with Gasteiger partial charge >= 0.3 is 0 Å². The Morgan fingerprint density at radius 1 is 1.29 bits per heavy atom. The highest BCUT2D eigenvalue weighted by atomic mass is 15.3. The highest BCUT2D eigenvalue weighted by Gasteiger charge is 1.99. The standard InChI is InChI=1S/C11H21N3/c1-3-4-5-6-7-8-14-9-10(2)11(12)13-14/h9H,3-8H2,1-2H3,(H2,12,13). The van der Waals surface area contributed by atoms with Gasteiger partial charge in [0.15, 0.2) is 0 Å². The molecule has 0 saturated heterocycles. The molecule has 2 N–H and O–H groups in total. The summed E-state index contributed by atoms with van der Waals surface area (Å²) in [6.45, 7) is 5.23. The van der Waals surface area contributed by atoms with Gasteiger partial charge in [0.2, 0.25) is 0 Å². The zero-order chi connectivity index (χ0) is 10.4. The number of unbranched alkanes of at least 4 members (excludes halogenated alkanes) is 4. The third kappa shape index (κ3) is 3.40. The maximum atomic E-state index is 5.66. The molecule has 14 heavy (non-hydrogen) atoms. The van der Waals surface area contributed by atoms with Crippen LogP contribution in [0.25, 0.3) is 0 Å². The Morgan fingerprint density at radius 2 is 2.00 bits per heavy atom. The van der Waals surface area contributed by atoms with Crippen molar-refractivity contribution in [3.05, 3.63) is 11.8 Å². The summed E-state index contributed by atoms with van der Waals surface area (Å²) in [7, 11) is 0. The lowest BCUT2D eigenvalue weighted by Gasteiger charge is -2.00. The Balaban J connectivity index is 2.18. The summed E-state index contributed by atoms with van der Waals surface area (Å²) in [5.74, 6) is 0.665. The van der Waals surface area contributed by atoms with Gasteiger partial charge in [-0.3, -0.25) is 4.68 Å². The molecule has 0 spiro atoms. The zero-order valence-corrected chi connectivity index (χ0v) is 9.29. The molecule has 0 amide bonds. The van der Waals surface area contributed by atoms with Crippen molar-refractivity contribution in [3.8, 4) is 0 Å². The van der Waals surface area contributed by atoms with Gasteiger partial charge in [0.05, 0.1) is 0 Å². The monoisotopic (exact) mass is 195 g/mol. The molecule has 0 aromatic carbocycles. The molecule has 0 bridgehead atoms. The fraction of sp³-hybridized carbons (Fsp3) is 0.727. The number of aromatic nitrogens is 2. The lowest BCUT2D eigenvalue weighted by Crippen LogP contribution is -1.99. The highest BCUT2D eigenvalue weighted by molar-refractivity contribution is 5.35. The first-order valence-electron chi connectivity index (χ1n) is 5.53. The Kier molecular flexibility index (Phi) is 4.50. The average molecular weight is 195 g/mol. The van der Waals surface area contributed by atoms with Crippen molar-refractivity contribution in [1.29, 1.82) is 0 Å². The molecular weight excluding hydrogens is 174 g/mol. The number of aryl methyl sites for hydroxylation is 2.